The molecule has 0 spiro atoms. The number of rotatable bonds is 58. The zero-order valence-corrected chi connectivity index (χ0v) is 56.4. The van der Waals surface area contributed by atoms with Gasteiger partial charge >= 0.3 is 0 Å². The molecular weight excluding hydrogens is 1150 g/mol. The van der Waals surface area contributed by atoms with Crippen molar-refractivity contribution in [1.82, 2.24) is 5.32 Å². The van der Waals surface area contributed by atoms with Crippen molar-refractivity contribution in [3.8, 4) is 0 Å². The number of unbranched alkanes of at least 4 members (excludes halogenated alkanes) is 40. The predicted octanol–water partition coefficient (Wildman–Crippen LogP) is 10.4. The van der Waals surface area contributed by atoms with Gasteiger partial charge in [-0.15, -0.1) is 0 Å². The van der Waals surface area contributed by atoms with Crippen molar-refractivity contribution < 1.29 is 89.4 Å². The van der Waals surface area contributed by atoms with Crippen molar-refractivity contribution in [2.45, 2.75) is 407 Å². The summed E-state index contributed by atoms with van der Waals surface area (Å²) >= 11 is 0. The van der Waals surface area contributed by atoms with Crippen LogP contribution < -0.4 is 5.32 Å². The van der Waals surface area contributed by atoms with Gasteiger partial charge in [0.05, 0.1) is 38.6 Å². The van der Waals surface area contributed by atoms with Crippen molar-refractivity contribution >= 4 is 5.91 Å². The summed E-state index contributed by atoms with van der Waals surface area (Å²) in [6, 6.07) is -0.885. The van der Waals surface area contributed by atoms with E-state index >= 15 is 0 Å². The fourth-order valence-corrected chi connectivity index (χ4v) is 12.8. The second-order valence-corrected chi connectivity index (χ2v) is 26.8. The number of aliphatic hydroxyl groups excluding tert-OH is 11. The third kappa shape index (κ3) is 35.0. The van der Waals surface area contributed by atoms with E-state index in [1.54, 1.807) is 0 Å². The summed E-state index contributed by atoms with van der Waals surface area (Å²) in [6.45, 7) is 1.85. The fourth-order valence-electron chi connectivity index (χ4n) is 12.8. The van der Waals surface area contributed by atoms with Crippen molar-refractivity contribution in [2.24, 2.45) is 0 Å². The van der Waals surface area contributed by atoms with Crippen LogP contribution in [0.1, 0.15) is 303 Å². The quantitative estimate of drug-likeness (QED) is 0.0199. The zero-order valence-electron chi connectivity index (χ0n) is 56.4. The lowest BCUT2D eigenvalue weighted by molar-refractivity contribution is -0.379. The van der Waals surface area contributed by atoms with Gasteiger partial charge < -0.3 is 89.9 Å². The summed E-state index contributed by atoms with van der Waals surface area (Å²) in [6.07, 6.45) is 32.9. The molecule has 0 bridgehead atoms. The molecule has 19 nitrogen and oxygen atoms in total. The standard InChI is InChI=1S/C71H135NO18/c1-3-5-7-9-11-13-15-17-19-21-23-25-26-27-28-29-31-33-35-37-39-41-43-45-47-49-59(77)72-54(55(76)48-46-44-42-40-38-36-34-32-30-24-22-20-18-16-14-12-10-8-6-4-2)53-85-69-65(83)62(80)67(57(51-74)87-69)90-71-66(84)63(81)68(58(52-75)88-71)89-70-64(82)61(79)60(78)56(50-73)86-70/h21,23,54-58,60-71,73-76,78-84H,3-20,22,24-53H2,1-2H3,(H,72,77)/b23-21-. The lowest BCUT2D eigenvalue weighted by Crippen LogP contribution is -2.66. The molecular formula is C71H135NO18. The maximum absolute atomic E-state index is 13.5. The van der Waals surface area contributed by atoms with E-state index in [1.807, 2.05) is 0 Å². The molecule has 3 aliphatic heterocycles. The molecule has 19 heteroatoms. The first-order chi connectivity index (χ1) is 43.8. The molecule has 17 atom stereocenters. The highest BCUT2D eigenvalue weighted by atomic mass is 16.8. The molecule has 0 radical (unpaired) electrons. The van der Waals surface area contributed by atoms with E-state index in [4.69, 9.17) is 28.4 Å². The molecule has 0 saturated carbocycles. The molecule has 3 aliphatic rings. The van der Waals surface area contributed by atoms with Gasteiger partial charge in [0, 0.05) is 6.42 Å². The Hall–Kier alpha value is -1.47. The van der Waals surface area contributed by atoms with Gasteiger partial charge in [-0.1, -0.05) is 270 Å². The fraction of sp³-hybridized carbons (Fsp3) is 0.958. The Morgan fingerprint density at radius 3 is 1.08 bits per heavy atom. The van der Waals surface area contributed by atoms with Gasteiger partial charge in [-0.2, -0.15) is 0 Å². The smallest absolute Gasteiger partial charge is 0.220 e. The van der Waals surface area contributed by atoms with Crippen LogP contribution in [0, 0.1) is 0 Å². The van der Waals surface area contributed by atoms with E-state index in [9.17, 15) is 61.0 Å². The SMILES string of the molecule is CCCCCCCCCC/C=C\CCCCCCCCCCCCCCCC(=O)NC(COC1OC(CO)C(OC2OC(CO)C(OC3OC(CO)C(O)C(O)C3O)C(O)C2O)C(O)C1O)C(O)CCCCCCCCCCCCCCCCCCCCCC. The van der Waals surface area contributed by atoms with Crippen LogP contribution >= 0.6 is 0 Å². The lowest BCUT2D eigenvalue weighted by atomic mass is 9.96. The number of ether oxygens (including phenoxy) is 6. The average molecular weight is 1290 g/mol. The monoisotopic (exact) mass is 1290 g/mol. The van der Waals surface area contributed by atoms with Gasteiger partial charge in [-0.3, -0.25) is 4.79 Å². The maximum atomic E-state index is 13.5. The molecule has 0 aromatic carbocycles. The summed E-state index contributed by atoms with van der Waals surface area (Å²) in [5.41, 5.74) is 0. The second-order valence-electron chi connectivity index (χ2n) is 26.8. The highest BCUT2D eigenvalue weighted by Crippen LogP contribution is 2.33. The van der Waals surface area contributed by atoms with E-state index in [1.165, 1.54) is 225 Å². The highest BCUT2D eigenvalue weighted by molar-refractivity contribution is 5.76. The lowest BCUT2D eigenvalue weighted by Gasteiger charge is -2.48. The molecule has 3 rings (SSSR count). The number of nitrogens with one attached hydrogen (secondary N) is 1. The minimum atomic E-state index is -1.97. The third-order valence-corrected chi connectivity index (χ3v) is 18.8. The molecule has 3 fully saturated rings. The van der Waals surface area contributed by atoms with Gasteiger partial charge in [0.1, 0.15) is 73.2 Å². The number of amides is 1. The number of hydrogen-bond acceptors (Lipinski definition) is 18. The molecule has 3 heterocycles. The first-order valence-corrected chi connectivity index (χ1v) is 36.9. The van der Waals surface area contributed by atoms with Crippen LogP contribution in [-0.2, 0) is 33.2 Å². The Balaban J connectivity index is 1.41. The Labute approximate surface area is 544 Å². The first-order valence-electron chi connectivity index (χ1n) is 36.9. The van der Waals surface area contributed by atoms with Gasteiger partial charge in [0.15, 0.2) is 18.9 Å². The molecule has 3 saturated heterocycles. The molecule has 0 aromatic rings. The minimum Gasteiger partial charge on any atom is -0.394 e. The molecule has 17 unspecified atom stereocenters. The number of allylic oxidation sites excluding steroid dienone is 2. The number of hydrogen-bond donors (Lipinski definition) is 12. The van der Waals surface area contributed by atoms with Gasteiger partial charge in [0.25, 0.3) is 0 Å². The van der Waals surface area contributed by atoms with Crippen LogP contribution in [0.25, 0.3) is 0 Å². The average Bonchev–Trinajstić information content (AvgIpc) is 0.847. The van der Waals surface area contributed by atoms with E-state index in [2.05, 4.69) is 31.3 Å². The predicted molar refractivity (Wildman–Crippen MR) is 351 cm³/mol. The second kappa shape index (κ2) is 53.6. The summed E-state index contributed by atoms with van der Waals surface area (Å²) in [5.74, 6) is -0.237. The molecule has 0 aromatic heterocycles. The molecule has 1 amide bonds. The van der Waals surface area contributed by atoms with Crippen LogP contribution in [0.4, 0.5) is 0 Å². The third-order valence-electron chi connectivity index (χ3n) is 18.8. The van der Waals surface area contributed by atoms with E-state index in [0.29, 0.717) is 12.8 Å². The van der Waals surface area contributed by atoms with Crippen LogP contribution in [0.15, 0.2) is 12.2 Å². The zero-order chi connectivity index (χ0) is 65.4. The van der Waals surface area contributed by atoms with Crippen LogP contribution in [0.2, 0.25) is 0 Å². The molecule has 532 valence electrons. The van der Waals surface area contributed by atoms with E-state index in [0.717, 1.165) is 44.9 Å². The maximum Gasteiger partial charge on any atom is 0.220 e. The van der Waals surface area contributed by atoms with Crippen molar-refractivity contribution in [1.29, 1.82) is 0 Å². The number of carbonyl (C=O) groups excluding carboxylic acids is 1. The van der Waals surface area contributed by atoms with Crippen LogP contribution in [-0.4, -0.2) is 193 Å². The summed E-state index contributed by atoms with van der Waals surface area (Å²) < 4.78 is 34.5. The Kier molecular flexibility index (Phi) is 49.3. The van der Waals surface area contributed by atoms with Gasteiger partial charge in [-0.05, 0) is 38.5 Å². The van der Waals surface area contributed by atoms with Crippen molar-refractivity contribution in [3.05, 3.63) is 12.2 Å². The van der Waals surface area contributed by atoms with Gasteiger partial charge in [-0.25, -0.2) is 0 Å². The van der Waals surface area contributed by atoms with Crippen molar-refractivity contribution in [2.75, 3.05) is 26.4 Å². The Morgan fingerprint density at radius 2 is 0.700 bits per heavy atom. The van der Waals surface area contributed by atoms with Crippen LogP contribution in [0.3, 0.4) is 0 Å². The van der Waals surface area contributed by atoms with Crippen LogP contribution in [0.5, 0.6) is 0 Å². The summed E-state index contributed by atoms with van der Waals surface area (Å²) in [5, 5.41) is 121. The molecule has 90 heavy (non-hydrogen) atoms. The van der Waals surface area contributed by atoms with Gasteiger partial charge in [0.2, 0.25) is 5.91 Å². The number of carbonyl (C=O) groups is 1. The van der Waals surface area contributed by atoms with E-state index in [-0.39, 0.29) is 18.9 Å². The first kappa shape index (κ1) is 82.8. The van der Waals surface area contributed by atoms with Crippen molar-refractivity contribution in [3.63, 3.8) is 0 Å². The minimum absolute atomic E-state index is 0.237. The molecule has 12 N–H and O–H groups in total. The topological polar surface area (TPSA) is 307 Å². The summed E-state index contributed by atoms with van der Waals surface area (Å²) in [4.78, 5) is 13.5. The Bertz CT molecular complexity index is 1680. The number of aliphatic hydroxyl groups is 11. The summed E-state index contributed by atoms with van der Waals surface area (Å²) in [7, 11) is 0. The largest absolute Gasteiger partial charge is 0.394 e. The highest BCUT2D eigenvalue weighted by Gasteiger charge is 2.53. The van der Waals surface area contributed by atoms with E-state index < -0.39 is 124 Å². The normalized spacial score (nSPS) is 28.0. The Morgan fingerprint density at radius 1 is 0.389 bits per heavy atom. The molecule has 0 aliphatic carbocycles.